The molecule has 1 heterocycles. The summed E-state index contributed by atoms with van der Waals surface area (Å²) in [6.07, 6.45) is 0.501. The third kappa shape index (κ3) is 2.49. The average Bonchev–Trinajstić information content (AvgIpc) is 2.52. The Labute approximate surface area is 92.4 Å². The molecule has 88 valence electrons. The van der Waals surface area contributed by atoms with Crippen LogP contribution in [-0.4, -0.2) is 26.0 Å². The Morgan fingerprint density at radius 3 is 2.56 bits per heavy atom. The van der Waals surface area contributed by atoms with Crippen LogP contribution in [0.25, 0.3) is 0 Å². The van der Waals surface area contributed by atoms with Crippen LogP contribution in [0.1, 0.15) is 6.42 Å². The van der Waals surface area contributed by atoms with E-state index >= 15 is 0 Å². The van der Waals surface area contributed by atoms with Crippen molar-refractivity contribution in [3.63, 3.8) is 0 Å². The van der Waals surface area contributed by atoms with Crippen LogP contribution in [0.15, 0.2) is 18.2 Å². The van der Waals surface area contributed by atoms with E-state index in [-0.39, 0.29) is 17.5 Å². The highest BCUT2D eigenvalue weighted by Gasteiger charge is 2.27. The number of rotatable bonds is 2. The first kappa shape index (κ1) is 11.3. The van der Waals surface area contributed by atoms with Crippen LogP contribution in [0, 0.1) is 11.6 Å². The summed E-state index contributed by atoms with van der Waals surface area (Å²) in [7, 11) is -2.96. The molecule has 1 aliphatic rings. The van der Waals surface area contributed by atoms with Gasteiger partial charge in [-0.15, -0.1) is 0 Å². The maximum absolute atomic E-state index is 12.9. The lowest BCUT2D eigenvalue weighted by Crippen LogP contribution is -2.20. The van der Waals surface area contributed by atoms with Gasteiger partial charge in [0.1, 0.15) is 0 Å². The van der Waals surface area contributed by atoms with Gasteiger partial charge >= 0.3 is 0 Å². The highest BCUT2D eigenvalue weighted by molar-refractivity contribution is 7.91. The molecule has 0 aromatic heterocycles. The molecule has 2 rings (SSSR count). The number of anilines is 1. The third-order valence-electron chi connectivity index (χ3n) is 2.52. The Kier molecular flexibility index (Phi) is 2.84. The lowest BCUT2D eigenvalue weighted by Gasteiger charge is -2.12. The van der Waals surface area contributed by atoms with E-state index in [1.54, 1.807) is 0 Å². The second-order valence-corrected chi connectivity index (χ2v) is 6.10. The van der Waals surface area contributed by atoms with Gasteiger partial charge in [0.15, 0.2) is 21.5 Å². The van der Waals surface area contributed by atoms with Crippen molar-refractivity contribution in [2.45, 2.75) is 12.5 Å². The van der Waals surface area contributed by atoms with Gasteiger partial charge < -0.3 is 5.32 Å². The van der Waals surface area contributed by atoms with Crippen molar-refractivity contribution in [1.82, 2.24) is 0 Å². The van der Waals surface area contributed by atoms with E-state index in [9.17, 15) is 17.2 Å². The van der Waals surface area contributed by atoms with Crippen LogP contribution >= 0.6 is 0 Å². The van der Waals surface area contributed by atoms with Crippen molar-refractivity contribution in [1.29, 1.82) is 0 Å². The van der Waals surface area contributed by atoms with Gasteiger partial charge in [-0.3, -0.25) is 0 Å². The van der Waals surface area contributed by atoms with Gasteiger partial charge in [0.05, 0.1) is 11.5 Å². The lowest BCUT2D eigenvalue weighted by atomic mass is 10.2. The third-order valence-corrected chi connectivity index (χ3v) is 4.29. The SMILES string of the molecule is O=S1(=O)CCC(Nc2ccc(F)c(F)c2)C1. The van der Waals surface area contributed by atoms with Gasteiger partial charge in [0, 0.05) is 17.8 Å². The Morgan fingerprint density at radius 2 is 2.00 bits per heavy atom. The molecule has 0 bridgehead atoms. The standard InChI is InChI=1S/C10H11F2NO2S/c11-9-2-1-7(5-10(9)12)13-8-3-4-16(14,15)6-8/h1-2,5,8,13H,3-4,6H2. The summed E-state index contributed by atoms with van der Waals surface area (Å²) in [5, 5.41) is 2.88. The maximum Gasteiger partial charge on any atom is 0.160 e. The Balaban J connectivity index is 2.08. The minimum Gasteiger partial charge on any atom is -0.381 e. The molecule has 1 atom stereocenters. The molecule has 1 aliphatic heterocycles. The summed E-state index contributed by atoms with van der Waals surface area (Å²) in [6, 6.07) is 3.22. The maximum atomic E-state index is 12.9. The lowest BCUT2D eigenvalue weighted by molar-refractivity contribution is 0.509. The molecule has 0 radical (unpaired) electrons. The number of benzene rings is 1. The normalized spacial score (nSPS) is 23.2. The summed E-state index contributed by atoms with van der Waals surface area (Å²) < 4.78 is 47.9. The molecule has 1 N–H and O–H groups in total. The van der Waals surface area contributed by atoms with Crippen molar-refractivity contribution in [2.24, 2.45) is 0 Å². The van der Waals surface area contributed by atoms with Gasteiger partial charge in [-0.05, 0) is 18.6 Å². The van der Waals surface area contributed by atoms with E-state index in [2.05, 4.69) is 5.32 Å². The molecule has 0 saturated carbocycles. The molecule has 3 nitrogen and oxygen atoms in total. The molecule has 0 spiro atoms. The van der Waals surface area contributed by atoms with Crippen molar-refractivity contribution in [2.75, 3.05) is 16.8 Å². The summed E-state index contributed by atoms with van der Waals surface area (Å²) in [5.41, 5.74) is 0.404. The molecule has 0 amide bonds. The molecule has 1 saturated heterocycles. The van der Waals surface area contributed by atoms with Gasteiger partial charge in [-0.25, -0.2) is 17.2 Å². The average molecular weight is 247 g/mol. The molecular formula is C10H11F2NO2S. The van der Waals surface area contributed by atoms with Gasteiger partial charge in [-0.1, -0.05) is 0 Å². The monoisotopic (exact) mass is 247 g/mol. The van der Waals surface area contributed by atoms with Crippen molar-refractivity contribution >= 4 is 15.5 Å². The largest absolute Gasteiger partial charge is 0.381 e. The van der Waals surface area contributed by atoms with Crippen molar-refractivity contribution in [3.05, 3.63) is 29.8 Å². The molecule has 1 fully saturated rings. The summed E-state index contributed by atoms with van der Waals surface area (Å²) in [6.45, 7) is 0. The van der Waals surface area contributed by atoms with Crippen LogP contribution in [0.5, 0.6) is 0 Å². The second-order valence-electron chi connectivity index (χ2n) is 3.87. The number of sulfone groups is 1. The molecule has 0 aliphatic carbocycles. The molecule has 16 heavy (non-hydrogen) atoms. The zero-order valence-electron chi connectivity index (χ0n) is 8.41. The minimum absolute atomic E-state index is 0.0476. The van der Waals surface area contributed by atoms with E-state index in [1.165, 1.54) is 6.07 Å². The number of nitrogens with one attached hydrogen (secondary N) is 1. The first-order valence-corrected chi connectivity index (χ1v) is 6.70. The predicted molar refractivity (Wildman–Crippen MR) is 57.0 cm³/mol. The van der Waals surface area contributed by atoms with Crippen LogP contribution in [0.4, 0.5) is 14.5 Å². The zero-order valence-corrected chi connectivity index (χ0v) is 9.23. The first-order chi connectivity index (χ1) is 7.46. The fraction of sp³-hybridized carbons (Fsp3) is 0.400. The molecular weight excluding hydrogens is 236 g/mol. The smallest absolute Gasteiger partial charge is 0.160 e. The second kappa shape index (κ2) is 4.01. The zero-order chi connectivity index (χ0) is 11.8. The van der Waals surface area contributed by atoms with Gasteiger partial charge in [0.25, 0.3) is 0 Å². The van der Waals surface area contributed by atoms with E-state index in [1.807, 2.05) is 0 Å². The van der Waals surface area contributed by atoms with Crippen LogP contribution in [0.3, 0.4) is 0 Å². The number of hydrogen-bond acceptors (Lipinski definition) is 3. The van der Waals surface area contributed by atoms with E-state index in [4.69, 9.17) is 0 Å². The Hall–Kier alpha value is -1.17. The predicted octanol–water partition coefficient (Wildman–Crippen LogP) is 1.56. The van der Waals surface area contributed by atoms with Crippen LogP contribution < -0.4 is 5.32 Å². The fourth-order valence-electron chi connectivity index (χ4n) is 1.73. The van der Waals surface area contributed by atoms with Gasteiger partial charge in [-0.2, -0.15) is 0 Å². The molecule has 1 aromatic carbocycles. The summed E-state index contributed by atoms with van der Waals surface area (Å²) in [5.74, 6) is -1.66. The van der Waals surface area contributed by atoms with Crippen molar-refractivity contribution < 1.29 is 17.2 Å². The Bertz CT molecular complexity index is 502. The minimum atomic E-state index is -2.96. The van der Waals surface area contributed by atoms with Crippen molar-refractivity contribution in [3.8, 4) is 0 Å². The summed E-state index contributed by atoms with van der Waals surface area (Å²) >= 11 is 0. The highest BCUT2D eigenvalue weighted by Crippen LogP contribution is 2.19. The molecule has 1 aromatic rings. The number of hydrogen-bond donors (Lipinski definition) is 1. The number of halogens is 2. The molecule has 1 unspecified atom stereocenters. The van der Waals surface area contributed by atoms with E-state index in [0.29, 0.717) is 12.1 Å². The summed E-state index contributed by atoms with van der Waals surface area (Å²) in [4.78, 5) is 0. The van der Waals surface area contributed by atoms with Gasteiger partial charge in [0.2, 0.25) is 0 Å². The highest BCUT2D eigenvalue weighted by atomic mass is 32.2. The molecule has 6 heteroatoms. The topological polar surface area (TPSA) is 46.2 Å². The fourth-order valence-corrected chi connectivity index (χ4v) is 3.40. The quantitative estimate of drug-likeness (QED) is 0.862. The van der Waals surface area contributed by atoms with Crippen LogP contribution in [-0.2, 0) is 9.84 Å². The van der Waals surface area contributed by atoms with Crippen LogP contribution in [0.2, 0.25) is 0 Å². The first-order valence-electron chi connectivity index (χ1n) is 4.88. The Morgan fingerprint density at radius 1 is 1.25 bits per heavy atom. The van der Waals surface area contributed by atoms with E-state index in [0.717, 1.165) is 12.1 Å². The van der Waals surface area contributed by atoms with E-state index < -0.39 is 21.5 Å².